The van der Waals surface area contributed by atoms with Crippen LogP contribution in [0.4, 0.5) is 0 Å². The van der Waals surface area contributed by atoms with Crippen molar-refractivity contribution in [2.24, 2.45) is 46.3 Å². The lowest BCUT2D eigenvalue weighted by Gasteiger charge is -2.58. The summed E-state index contributed by atoms with van der Waals surface area (Å²) in [7, 11) is 0. The zero-order valence-electron chi connectivity index (χ0n) is 26.6. The lowest BCUT2D eigenvalue weighted by Crippen LogP contribution is -2.53. The van der Waals surface area contributed by atoms with Crippen LogP contribution in [0, 0.1) is 46.3 Å². The van der Waals surface area contributed by atoms with Crippen LogP contribution >= 0.6 is 0 Å². The molecule has 3 heterocycles. The molecule has 11 atom stereocenters. The lowest BCUT2D eigenvalue weighted by atomic mass is 9.46. The van der Waals surface area contributed by atoms with Gasteiger partial charge in [0.1, 0.15) is 6.42 Å². The van der Waals surface area contributed by atoms with Gasteiger partial charge in [-0.1, -0.05) is 45.4 Å². The van der Waals surface area contributed by atoms with Gasteiger partial charge in [-0.05, 0) is 104 Å². The van der Waals surface area contributed by atoms with Gasteiger partial charge in [0.15, 0.2) is 5.79 Å². The number of rotatable bonds is 5. The smallest absolute Gasteiger partial charge is 0.229 e. The van der Waals surface area contributed by atoms with Gasteiger partial charge >= 0.3 is 0 Å². The van der Waals surface area contributed by atoms with E-state index < -0.39 is 0 Å². The molecule has 2 aliphatic heterocycles. The number of pyridine rings is 1. The summed E-state index contributed by atoms with van der Waals surface area (Å²) < 4.78 is 13.5. The summed E-state index contributed by atoms with van der Waals surface area (Å²) in [6.07, 6.45) is 14.6. The van der Waals surface area contributed by atoms with Crippen molar-refractivity contribution in [3.63, 3.8) is 0 Å². The van der Waals surface area contributed by atoms with E-state index in [4.69, 9.17) is 9.47 Å². The molecule has 1 aromatic rings. The normalized spacial score (nSPS) is 44.9. The largest absolute Gasteiger partial charge is 0.353 e. The van der Waals surface area contributed by atoms with Crippen molar-refractivity contribution in [1.82, 2.24) is 15.6 Å². The molecule has 2 N–H and O–H groups in total. The first-order valence-electron chi connectivity index (χ1n) is 17.1. The van der Waals surface area contributed by atoms with Gasteiger partial charge in [0, 0.05) is 24.6 Å². The average molecular weight is 590 g/mol. The second kappa shape index (κ2) is 11.0. The number of carbonyl (C=O) groups excluding carboxylic acids is 2. The van der Waals surface area contributed by atoms with E-state index >= 15 is 0 Å². The number of ether oxygens (including phenoxy) is 2. The maximum atomic E-state index is 12.8. The van der Waals surface area contributed by atoms with Crippen LogP contribution in [0.2, 0.25) is 0 Å². The summed E-state index contributed by atoms with van der Waals surface area (Å²) in [5.74, 6) is 3.02. The van der Waals surface area contributed by atoms with Crippen LogP contribution in [-0.2, 0) is 25.6 Å². The average Bonchev–Trinajstić information content (AvgIpc) is 3.44. The van der Waals surface area contributed by atoms with Crippen molar-refractivity contribution >= 4 is 11.8 Å². The van der Waals surface area contributed by atoms with Gasteiger partial charge in [0.25, 0.3) is 0 Å². The van der Waals surface area contributed by atoms with Crippen molar-refractivity contribution in [2.45, 2.75) is 116 Å². The number of hydrogen-bond acceptors (Lipinski definition) is 5. The summed E-state index contributed by atoms with van der Waals surface area (Å²) in [5.41, 5.74) is 2.86. The molecule has 0 unspecified atom stereocenters. The fourth-order valence-corrected chi connectivity index (χ4v) is 11.0. The molecule has 7 heteroatoms. The third kappa shape index (κ3) is 4.97. The Morgan fingerprint density at radius 2 is 1.91 bits per heavy atom. The highest BCUT2D eigenvalue weighted by atomic mass is 16.7. The van der Waals surface area contributed by atoms with Crippen LogP contribution in [0.1, 0.15) is 97.6 Å². The van der Waals surface area contributed by atoms with E-state index in [-0.39, 0.29) is 35.5 Å². The van der Waals surface area contributed by atoms with E-state index in [9.17, 15) is 9.59 Å². The van der Waals surface area contributed by atoms with Crippen molar-refractivity contribution < 1.29 is 19.1 Å². The van der Waals surface area contributed by atoms with E-state index in [2.05, 4.69) is 49.4 Å². The molecule has 43 heavy (non-hydrogen) atoms. The number of nitrogens with zero attached hydrogens (tertiary/aromatic N) is 1. The van der Waals surface area contributed by atoms with E-state index in [1.807, 2.05) is 18.2 Å². The van der Waals surface area contributed by atoms with Gasteiger partial charge in [0.2, 0.25) is 11.8 Å². The highest BCUT2D eigenvalue weighted by Gasteiger charge is 2.68. The maximum Gasteiger partial charge on any atom is 0.229 e. The zero-order valence-corrected chi connectivity index (χ0v) is 26.6. The minimum atomic E-state index is -0.346. The number of aromatic nitrogens is 1. The molecule has 3 saturated carbocycles. The Hall–Kier alpha value is -2.25. The standard InChI is InChI=1S/C36H51N3O4/c1-22-10-15-36(42-21-22)23(2)33-30(43-36)18-29-27-9-8-24-17-25(11-13-34(24,3)28(27)12-14-35(29,33)4)39-32(41)19-31(40)38-20-26-7-5-6-16-37-26/h5-8,16,22-23,25,27-30,33H,9-15,17-21H2,1-4H3,(H,38,40)(H,39,41)/t22-,23+,25+,27-,28+,29+,30+,33+,34+,35+,36-/m1/s1. The van der Waals surface area contributed by atoms with Crippen LogP contribution in [0.25, 0.3) is 0 Å². The third-order valence-corrected chi connectivity index (χ3v) is 13.2. The van der Waals surface area contributed by atoms with Crippen LogP contribution in [0.5, 0.6) is 0 Å². The predicted octanol–water partition coefficient (Wildman–Crippen LogP) is 5.94. The van der Waals surface area contributed by atoms with E-state index in [1.54, 1.807) is 11.8 Å². The Kier molecular flexibility index (Phi) is 7.52. The second-order valence-corrected chi connectivity index (χ2v) is 15.6. The van der Waals surface area contributed by atoms with Gasteiger partial charge in [-0.25, -0.2) is 0 Å². The Morgan fingerprint density at radius 3 is 2.67 bits per heavy atom. The summed E-state index contributed by atoms with van der Waals surface area (Å²) in [4.78, 5) is 29.4. The second-order valence-electron chi connectivity index (χ2n) is 15.6. The number of nitrogens with one attached hydrogen (secondary N) is 2. The molecule has 0 bridgehead atoms. The maximum absolute atomic E-state index is 12.8. The fraction of sp³-hybridized carbons (Fsp3) is 0.750. The predicted molar refractivity (Wildman–Crippen MR) is 164 cm³/mol. The number of allylic oxidation sites excluding steroid dienone is 1. The lowest BCUT2D eigenvalue weighted by molar-refractivity contribution is -0.272. The summed E-state index contributed by atoms with van der Waals surface area (Å²) in [6, 6.07) is 5.71. The highest BCUT2D eigenvalue weighted by molar-refractivity contribution is 5.96. The number of amides is 2. The molecule has 2 amide bonds. The molecular formula is C36H51N3O4. The fourth-order valence-electron chi connectivity index (χ4n) is 11.0. The van der Waals surface area contributed by atoms with Crippen LogP contribution in [0.3, 0.4) is 0 Å². The van der Waals surface area contributed by atoms with Gasteiger partial charge in [0.05, 0.1) is 24.9 Å². The molecular weight excluding hydrogens is 538 g/mol. The number of carbonyl (C=O) groups is 2. The third-order valence-electron chi connectivity index (χ3n) is 13.2. The van der Waals surface area contributed by atoms with Gasteiger partial charge < -0.3 is 20.1 Å². The molecule has 0 aromatic carbocycles. The Balaban J connectivity index is 0.975. The Labute approximate surface area is 257 Å². The molecule has 234 valence electrons. The first-order chi connectivity index (χ1) is 20.6. The molecule has 1 spiro atoms. The Bertz CT molecular complexity index is 1260. The molecule has 1 aromatic heterocycles. The van der Waals surface area contributed by atoms with E-state index in [0.717, 1.165) is 44.4 Å². The quantitative estimate of drug-likeness (QED) is 0.328. The summed E-state index contributed by atoms with van der Waals surface area (Å²) in [5, 5.41) is 6.01. The minimum absolute atomic E-state index is 0.107. The van der Waals surface area contributed by atoms with Crippen molar-refractivity contribution in [2.75, 3.05) is 6.61 Å². The van der Waals surface area contributed by atoms with Gasteiger partial charge in [-0.15, -0.1) is 0 Å². The van der Waals surface area contributed by atoms with Crippen molar-refractivity contribution in [1.29, 1.82) is 0 Å². The number of hydrogen-bond donors (Lipinski definition) is 2. The van der Waals surface area contributed by atoms with E-state index in [0.29, 0.717) is 53.6 Å². The minimum Gasteiger partial charge on any atom is -0.353 e. The highest BCUT2D eigenvalue weighted by Crippen LogP contribution is 2.70. The molecule has 0 radical (unpaired) electrons. The number of fused-ring (bicyclic) bond motifs is 7. The summed E-state index contributed by atoms with van der Waals surface area (Å²) >= 11 is 0. The first-order valence-corrected chi connectivity index (χ1v) is 17.1. The molecule has 2 saturated heterocycles. The molecule has 7 rings (SSSR count). The van der Waals surface area contributed by atoms with Crippen LogP contribution in [-0.4, -0.2) is 41.3 Å². The van der Waals surface area contributed by atoms with Crippen molar-refractivity contribution in [3.8, 4) is 0 Å². The van der Waals surface area contributed by atoms with Gasteiger partial charge in [-0.3, -0.25) is 14.6 Å². The molecule has 7 nitrogen and oxygen atoms in total. The monoisotopic (exact) mass is 589 g/mol. The Morgan fingerprint density at radius 1 is 1.05 bits per heavy atom. The van der Waals surface area contributed by atoms with Crippen molar-refractivity contribution in [3.05, 3.63) is 41.7 Å². The molecule has 5 fully saturated rings. The SMILES string of the molecule is C[C@@H]1CC[C@@]2(OC1)O[C@H]1C[C@H]3[C@@H]4CC=C5C[C@@H](NC(=O)CC(=O)NCc6ccccn6)CC[C@]5(C)[C@H]4CC[C@]3(C)[C@H]1[C@@H]2C. The topological polar surface area (TPSA) is 89.5 Å². The summed E-state index contributed by atoms with van der Waals surface area (Å²) in [6.45, 7) is 11.0. The molecule has 4 aliphatic carbocycles. The van der Waals surface area contributed by atoms with Gasteiger partial charge in [-0.2, -0.15) is 0 Å². The first kappa shape index (κ1) is 29.5. The van der Waals surface area contributed by atoms with Crippen LogP contribution < -0.4 is 10.6 Å². The van der Waals surface area contributed by atoms with E-state index in [1.165, 1.54) is 25.7 Å². The zero-order chi connectivity index (χ0) is 30.0. The van der Waals surface area contributed by atoms with Crippen LogP contribution in [0.15, 0.2) is 36.0 Å². The molecule has 6 aliphatic rings.